The molecular formula is C14H21NOS. The predicted molar refractivity (Wildman–Crippen MR) is 76.8 cm³/mol. The van der Waals surface area contributed by atoms with E-state index < -0.39 is 0 Å². The molecule has 1 aromatic carbocycles. The lowest BCUT2D eigenvalue weighted by Crippen LogP contribution is -2.08. The highest BCUT2D eigenvalue weighted by atomic mass is 32.1. The lowest BCUT2D eigenvalue weighted by molar-refractivity contribution is 0.304. The van der Waals surface area contributed by atoms with Gasteiger partial charge >= 0.3 is 0 Å². The Hall–Kier alpha value is -1.09. The molecule has 2 nitrogen and oxygen atoms in total. The lowest BCUT2D eigenvalue weighted by Gasteiger charge is -2.13. The van der Waals surface area contributed by atoms with Crippen LogP contribution < -0.4 is 10.5 Å². The quantitative estimate of drug-likeness (QED) is 0.621. The van der Waals surface area contributed by atoms with Crippen LogP contribution in [0.4, 0.5) is 0 Å². The number of hydrogen-bond acceptors (Lipinski definition) is 2. The molecule has 0 aromatic heterocycles. The third-order valence-electron chi connectivity index (χ3n) is 2.67. The summed E-state index contributed by atoms with van der Waals surface area (Å²) in [4.78, 5) is 0.590. The third kappa shape index (κ3) is 4.73. The van der Waals surface area contributed by atoms with Crippen molar-refractivity contribution in [3.63, 3.8) is 0 Å². The Morgan fingerprint density at radius 3 is 2.29 bits per heavy atom. The van der Waals surface area contributed by atoms with Gasteiger partial charge in [-0.05, 0) is 51.2 Å². The summed E-state index contributed by atoms with van der Waals surface area (Å²) in [6.07, 6.45) is 2.80. The summed E-state index contributed by atoms with van der Waals surface area (Å²) < 4.78 is 5.82. The molecule has 0 amide bonds. The molecule has 0 saturated carbocycles. The molecule has 1 aromatic rings. The summed E-state index contributed by atoms with van der Waals surface area (Å²) in [5.41, 5.74) is 9.13. The van der Waals surface area contributed by atoms with Crippen LogP contribution >= 0.6 is 12.2 Å². The highest BCUT2D eigenvalue weighted by Crippen LogP contribution is 2.24. The Morgan fingerprint density at radius 2 is 1.76 bits per heavy atom. The average Bonchev–Trinajstić information content (AvgIpc) is 2.20. The van der Waals surface area contributed by atoms with Gasteiger partial charge in [0.25, 0.3) is 0 Å². The number of benzene rings is 1. The molecule has 0 radical (unpaired) electrons. The molecule has 0 spiro atoms. The van der Waals surface area contributed by atoms with E-state index in [9.17, 15) is 0 Å². The maximum Gasteiger partial charge on any atom is 0.125 e. The topological polar surface area (TPSA) is 35.2 Å². The number of unbranched alkanes of at least 4 members (excludes halogenated alkanes) is 1. The average molecular weight is 251 g/mol. The molecule has 0 aliphatic rings. The van der Waals surface area contributed by atoms with Gasteiger partial charge in [-0.2, -0.15) is 0 Å². The van der Waals surface area contributed by atoms with Crippen LogP contribution in [0.1, 0.15) is 36.0 Å². The molecule has 94 valence electrons. The van der Waals surface area contributed by atoms with Crippen LogP contribution in [-0.2, 0) is 0 Å². The molecule has 17 heavy (non-hydrogen) atoms. The van der Waals surface area contributed by atoms with E-state index in [1.807, 2.05) is 0 Å². The van der Waals surface area contributed by atoms with Gasteiger partial charge in [-0.1, -0.05) is 29.9 Å². The molecule has 3 heteroatoms. The predicted octanol–water partition coefficient (Wildman–Crippen LogP) is 3.45. The van der Waals surface area contributed by atoms with Crippen molar-refractivity contribution < 1.29 is 4.74 Å². The fourth-order valence-electron chi connectivity index (χ4n) is 1.97. The first kappa shape index (κ1) is 14.0. The monoisotopic (exact) mass is 251 g/mol. The fourth-order valence-corrected chi connectivity index (χ4v) is 2.11. The molecule has 1 rings (SSSR count). The SMILES string of the molecule is Cc1cc(C)c(OCCCCC(N)=S)c(C)c1. The van der Waals surface area contributed by atoms with Gasteiger partial charge in [0, 0.05) is 0 Å². The van der Waals surface area contributed by atoms with Crippen molar-refractivity contribution in [3.05, 3.63) is 28.8 Å². The van der Waals surface area contributed by atoms with Crippen molar-refractivity contribution >= 4 is 17.2 Å². The van der Waals surface area contributed by atoms with E-state index in [1.165, 1.54) is 16.7 Å². The van der Waals surface area contributed by atoms with Crippen LogP contribution in [-0.4, -0.2) is 11.6 Å². The van der Waals surface area contributed by atoms with Gasteiger partial charge in [-0.25, -0.2) is 0 Å². The molecule has 0 aliphatic heterocycles. The van der Waals surface area contributed by atoms with Crippen LogP contribution in [0.5, 0.6) is 5.75 Å². The van der Waals surface area contributed by atoms with Crippen LogP contribution in [0.25, 0.3) is 0 Å². The molecule has 0 unspecified atom stereocenters. The number of ether oxygens (including phenoxy) is 1. The van der Waals surface area contributed by atoms with Crippen LogP contribution in [0.3, 0.4) is 0 Å². The standard InChI is InChI=1S/C14H21NOS/c1-10-8-11(2)14(12(3)9-10)16-7-5-4-6-13(15)17/h8-9H,4-7H2,1-3H3,(H2,15,17). The fraction of sp³-hybridized carbons (Fsp3) is 0.500. The zero-order valence-electron chi connectivity index (χ0n) is 10.9. The second kappa shape index (κ2) is 6.60. The lowest BCUT2D eigenvalue weighted by atomic mass is 10.1. The Balaban J connectivity index is 2.44. The van der Waals surface area contributed by atoms with Crippen molar-refractivity contribution in [1.29, 1.82) is 0 Å². The summed E-state index contributed by atoms with van der Waals surface area (Å²) in [6, 6.07) is 4.30. The van der Waals surface area contributed by atoms with E-state index in [-0.39, 0.29) is 0 Å². The largest absolute Gasteiger partial charge is 0.493 e. The summed E-state index contributed by atoms with van der Waals surface area (Å²) >= 11 is 4.83. The van der Waals surface area contributed by atoms with Crippen molar-refractivity contribution in [2.24, 2.45) is 5.73 Å². The highest BCUT2D eigenvalue weighted by molar-refractivity contribution is 7.80. The van der Waals surface area contributed by atoms with Crippen molar-refractivity contribution in [2.75, 3.05) is 6.61 Å². The first-order valence-corrected chi connectivity index (χ1v) is 6.40. The third-order valence-corrected chi connectivity index (χ3v) is 2.87. The van der Waals surface area contributed by atoms with Gasteiger partial charge in [0.05, 0.1) is 11.6 Å². The molecule has 0 atom stereocenters. The summed E-state index contributed by atoms with van der Waals surface area (Å²) in [5.74, 6) is 1.02. The maximum atomic E-state index is 5.82. The van der Waals surface area contributed by atoms with Crippen molar-refractivity contribution in [3.8, 4) is 5.75 Å². The first-order valence-electron chi connectivity index (χ1n) is 5.99. The molecule has 0 fully saturated rings. The number of nitrogens with two attached hydrogens (primary N) is 1. The number of rotatable bonds is 6. The van der Waals surface area contributed by atoms with Crippen molar-refractivity contribution in [1.82, 2.24) is 0 Å². The number of hydrogen-bond donors (Lipinski definition) is 1. The molecule has 0 saturated heterocycles. The highest BCUT2D eigenvalue weighted by Gasteiger charge is 2.04. The summed E-state index contributed by atoms with van der Waals surface area (Å²) in [7, 11) is 0. The van der Waals surface area contributed by atoms with Gasteiger partial charge in [-0.3, -0.25) is 0 Å². The molecule has 0 heterocycles. The second-order valence-corrected chi connectivity index (χ2v) is 5.02. The normalized spacial score (nSPS) is 10.3. The van der Waals surface area contributed by atoms with Crippen LogP contribution in [0, 0.1) is 20.8 Å². The Kier molecular flexibility index (Phi) is 5.42. The van der Waals surface area contributed by atoms with E-state index >= 15 is 0 Å². The molecule has 2 N–H and O–H groups in total. The smallest absolute Gasteiger partial charge is 0.125 e. The minimum absolute atomic E-state index is 0.590. The van der Waals surface area contributed by atoms with E-state index in [2.05, 4.69) is 32.9 Å². The molecular weight excluding hydrogens is 230 g/mol. The Bertz CT molecular complexity index is 378. The van der Waals surface area contributed by atoms with E-state index in [1.54, 1.807) is 0 Å². The Labute approximate surface area is 109 Å². The van der Waals surface area contributed by atoms with E-state index in [0.29, 0.717) is 4.99 Å². The van der Waals surface area contributed by atoms with E-state index in [0.717, 1.165) is 31.6 Å². The minimum Gasteiger partial charge on any atom is -0.493 e. The van der Waals surface area contributed by atoms with E-state index in [4.69, 9.17) is 22.7 Å². The van der Waals surface area contributed by atoms with Crippen molar-refractivity contribution in [2.45, 2.75) is 40.0 Å². The molecule has 0 bridgehead atoms. The molecule has 0 aliphatic carbocycles. The number of thiocarbonyl (C=S) groups is 1. The van der Waals surface area contributed by atoms with Gasteiger partial charge in [0.15, 0.2) is 0 Å². The number of aryl methyl sites for hydroxylation is 3. The maximum absolute atomic E-state index is 5.82. The zero-order chi connectivity index (χ0) is 12.8. The van der Waals surface area contributed by atoms with Crippen LogP contribution in [0.2, 0.25) is 0 Å². The Morgan fingerprint density at radius 1 is 1.18 bits per heavy atom. The van der Waals surface area contributed by atoms with Gasteiger partial charge < -0.3 is 10.5 Å². The first-order chi connectivity index (χ1) is 8.00. The van der Waals surface area contributed by atoms with Gasteiger partial charge in [0.1, 0.15) is 5.75 Å². The van der Waals surface area contributed by atoms with Gasteiger partial charge in [-0.15, -0.1) is 0 Å². The minimum atomic E-state index is 0.590. The second-order valence-electron chi connectivity index (χ2n) is 4.50. The summed E-state index contributed by atoms with van der Waals surface area (Å²) in [5, 5.41) is 0. The van der Waals surface area contributed by atoms with Gasteiger partial charge in [0.2, 0.25) is 0 Å². The van der Waals surface area contributed by atoms with Crippen LogP contribution in [0.15, 0.2) is 12.1 Å². The zero-order valence-corrected chi connectivity index (χ0v) is 11.7. The summed E-state index contributed by atoms with van der Waals surface area (Å²) in [6.45, 7) is 7.01.